The van der Waals surface area contributed by atoms with E-state index in [0.717, 1.165) is 51.4 Å². The molecule has 0 amide bonds. The highest BCUT2D eigenvalue weighted by atomic mass is 19.2. The third-order valence-corrected chi connectivity index (χ3v) is 9.42. The van der Waals surface area contributed by atoms with Crippen LogP contribution in [0.5, 0.6) is 11.5 Å². The summed E-state index contributed by atoms with van der Waals surface area (Å²) in [5.41, 5.74) is 0.941. The maximum Gasteiger partial charge on any atom is 0.200 e. The van der Waals surface area contributed by atoms with Gasteiger partial charge in [0.1, 0.15) is 0 Å². The van der Waals surface area contributed by atoms with Crippen LogP contribution >= 0.6 is 0 Å². The van der Waals surface area contributed by atoms with Crippen LogP contribution in [0.3, 0.4) is 0 Å². The van der Waals surface area contributed by atoms with Gasteiger partial charge in [-0.3, -0.25) is 0 Å². The predicted molar refractivity (Wildman–Crippen MR) is 157 cm³/mol. The highest BCUT2D eigenvalue weighted by molar-refractivity contribution is 5.34. The van der Waals surface area contributed by atoms with Crippen LogP contribution in [0.2, 0.25) is 0 Å². The van der Waals surface area contributed by atoms with Crippen molar-refractivity contribution in [1.82, 2.24) is 0 Å². The number of benzene rings is 2. The second kappa shape index (κ2) is 15.8. The molecule has 0 spiro atoms. The van der Waals surface area contributed by atoms with Crippen LogP contribution in [-0.2, 0) is 0 Å². The van der Waals surface area contributed by atoms with Crippen LogP contribution in [0.15, 0.2) is 24.3 Å². The minimum Gasteiger partial charge on any atom is -0.490 e. The lowest BCUT2D eigenvalue weighted by molar-refractivity contribution is 0.260. The molecule has 0 aromatic heterocycles. The van der Waals surface area contributed by atoms with E-state index in [1.54, 1.807) is 24.3 Å². The fraction of sp³-hybridized carbons (Fsp3) is 0.657. The fourth-order valence-electron chi connectivity index (χ4n) is 7.03. The number of hydrogen-bond acceptors (Lipinski definition) is 2. The Kier molecular flexibility index (Phi) is 12.2. The molecule has 0 bridgehead atoms. The molecule has 2 aliphatic carbocycles. The SMILES string of the molecule is CCCC1CCC(c2ccc(OCCCCCOc3ccc(C4CCC(CCC)CC4)c(F)c3F)c(F)c2F)CC1. The van der Waals surface area contributed by atoms with E-state index < -0.39 is 23.3 Å². The van der Waals surface area contributed by atoms with E-state index in [1.165, 1.54) is 25.7 Å². The van der Waals surface area contributed by atoms with Crippen molar-refractivity contribution in [3.63, 3.8) is 0 Å². The van der Waals surface area contributed by atoms with Crippen molar-refractivity contribution in [3.8, 4) is 11.5 Å². The van der Waals surface area contributed by atoms with Crippen LogP contribution in [0.1, 0.15) is 133 Å². The van der Waals surface area contributed by atoms with E-state index >= 15 is 0 Å². The molecule has 6 heteroatoms. The van der Waals surface area contributed by atoms with Gasteiger partial charge in [0, 0.05) is 0 Å². The van der Waals surface area contributed by atoms with Crippen molar-refractivity contribution in [2.45, 2.75) is 122 Å². The Balaban J connectivity index is 1.16. The van der Waals surface area contributed by atoms with Crippen LogP contribution in [-0.4, -0.2) is 13.2 Å². The topological polar surface area (TPSA) is 18.5 Å². The summed E-state index contributed by atoms with van der Waals surface area (Å²) in [5.74, 6) is -1.91. The van der Waals surface area contributed by atoms with Gasteiger partial charge in [-0.05, 0) is 118 Å². The van der Waals surface area contributed by atoms with Crippen molar-refractivity contribution in [2.24, 2.45) is 11.8 Å². The van der Waals surface area contributed by atoms with Gasteiger partial charge in [-0.1, -0.05) is 51.7 Å². The van der Waals surface area contributed by atoms with Crippen LogP contribution < -0.4 is 9.47 Å². The Morgan fingerprint density at radius 2 is 0.927 bits per heavy atom. The van der Waals surface area contributed by atoms with E-state index in [0.29, 0.717) is 42.2 Å². The minimum absolute atomic E-state index is 0.0568. The largest absolute Gasteiger partial charge is 0.490 e. The summed E-state index contributed by atoms with van der Waals surface area (Å²) in [6, 6.07) is 6.46. The maximum atomic E-state index is 14.8. The molecule has 2 nitrogen and oxygen atoms in total. The first-order valence-corrected chi connectivity index (χ1v) is 16.1. The molecule has 0 saturated heterocycles. The first-order valence-electron chi connectivity index (χ1n) is 16.1. The summed E-state index contributed by atoms with van der Waals surface area (Å²) < 4.78 is 70.2. The molecule has 0 unspecified atom stereocenters. The van der Waals surface area contributed by atoms with Gasteiger partial charge in [0.15, 0.2) is 23.1 Å². The van der Waals surface area contributed by atoms with E-state index in [4.69, 9.17) is 9.47 Å². The molecule has 228 valence electrons. The average molecular weight is 577 g/mol. The molecule has 0 N–H and O–H groups in total. The first-order chi connectivity index (χ1) is 19.9. The molecule has 2 aromatic rings. The van der Waals surface area contributed by atoms with Crippen molar-refractivity contribution >= 4 is 0 Å². The highest BCUT2D eigenvalue weighted by Gasteiger charge is 2.27. The summed E-state index contributed by atoms with van der Waals surface area (Å²) in [4.78, 5) is 0. The quantitative estimate of drug-likeness (QED) is 0.164. The van der Waals surface area contributed by atoms with Gasteiger partial charge < -0.3 is 9.47 Å². The van der Waals surface area contributed by atoms with E-state index in [9.17, 15) is 17.6 Å². The van der Waals surface area contributed by atoms with Crippen molar-refractivity contribution in [3.05, 3.63) is 58.7 Å². The number of unbranched alkanes of at least 4 members (excludes halogenated alkanes) is 2. The third-order valence-electron chi connectivity index (χ3n) is 9.42. The summed E-state index contributed by atoms with van der Waals surface area (Å²) in [6.45, 7) is 4.87. The van der Waals surface area contributed by atoms with Crippen LogP contribution in [0, 0.1) is 35.1 Å². The number of ether oxygens (including phenoxy) is 2. The molecule has 41 heavy (non-hydrogen) atoms. The van der Waals surface area contributed by atoms with E-state index in [2.05, 4.69) is 13.8 Å². The zero-order chi connectivity index (χ0) is 29.2. The van der Waals surface area contributed by atoms with Gasteiger partial charge in [-0.15, -0.1) is 0 Å². The predicted octanol–water partition coefficient (Wildman–Crippen LogP) is 11.0. The van der Waals surface area contributed by atoms with Gasteiger partial charge in [-0.25, -0.2) is 8.78 Å². The Labute approximate surface area is 244 Å². The first kappa shape index (κ1) is 31.7. The summed E-state index contributed by atoms with van der Waals surface area (Å²) in [6.07, 6.45) is 14.6. The zero-order valence-electron chi connectivity index (χ0n) is 25.0. The average Bonchev–Trinajstić information content (AvgIpc) is 2.98. The number of hydrogen-bond donors (Lipinski definition) is 0. The molecule has 2 fully saturated rings. The Bertz CT molecular complexity index is 1000. The normalized spacial score (nSPS) is 23.0. The molecule has 4 rings (SSSR count). The van der Waals surface area contributed by atoms with Crippen LogP contribution in [0.25, 0.3) is 0 Å². The highest BCUT2D eigenvalue weighted by Crippen LogP contribution is 2.41. The minimum atomic E-state index is -0.906. The zero-order valence-corrected chi connectivity index (χ0v) is 25.0. The summed E-state index contributed by atoms with van der Waals surface area (Å²) in [7, 11) is 0. The number of rotatable bonds is 14. The third kappa shape index (κ3) is 8.41. The molecule has 2 aliphatic rings. The lowest BCUT2D eigenvalue weighted by Crippen LogP contribution is -2.15. The van der Waals surface area contributed by atoms with Crippen molar-refractivity contribution in [1.29, 1.82) is 0 Å². The Morgan fingerprint density at radius 1 is 0.537 bits per heavy atom. The molecule has 0 heterocycles. The van der Waals surface area contributed by atoms with Crippen LogP contribution in [0.4, 0.5) is 17.6 Å². The second-order valence-corrected chi connectivity index (χ2v) is 12.3. The fourth-order valence-corrected chi connectivity index (χ4v) is 7.03. The lowest BCUT2D eigenvalue weighted by atomic mass is 9.77. The Hall–Kier alpha value is -2.24. The van der Waals surface area contributed by atoms with Gasteiger partial charge >= 0.3 is 0 Å². The smallest absolute Gasteiger partial charge is 0.200 e. The van der Waals surface area contributed by atoms with E-state index in [1.807, 2.05) is 0 Å². The molecule has 0 radical (unpaired) electrons. The monoisotopic (exact) mass is 576 g/mol. The van der Waals surface area contributed by atoms with Gasteiger partial charge in [0.25, 0.3) is 0 Å². The lowest BCUT2D eigenvalue weighted by Gasteiger charge is -2.29. The molecule has 0 atom stereocenters. The maximum absolute atomic E-state index is 14.8. The molecule has 0 aliphatic heterocycles. The van der Waals surface area contributed by atoms with Crippen molar-refractivity contribution < 1.29 is 27.0 Å². The second-order valence-electron chi connectivity index (χ2n) is 12.3. The van der Waals surface area contributed by atoms with Crippen molar-refractivity contribution in [2.75, 3.05) is 13.2 Å². The van der Waals surface area contributed by atoms with E-state index in [-0.39, 0.29) is 36.5 Å². The van der Waals surface area contributed by atoms with Gasteiger partial charge in [-0.2, -0.15) is 8.78 Å². The molecular formula is C35H48F4O2. The summed E-state index contributed by atoms with van der Waals surface area (Å²) in [5, 5.41) is 0. The Morgan fingerprint density at radius 3 is 1.29 bits per heavy atom. The molecule has 2 saturated carbocycles. The molecule has 2 aromatic carbocycles. The van der Waals surface area contributed by atoms with Gasteiger partial charge in [0.2, 0.25) is 11.6 Å². The summed E-state index contributed by atoms with van der Waals surface area (Å²) >= 11 is 0. The number of halogens is 4. The standard InChI is InChI=1S/C35H48F4O2/c1-3-8-24-10-14-26(15-11-24)28-18-20-30(34(38)32(28)36)40-22-6-5-7-23-41-31-21-19-29(33(37)35(31)39)27-16-12-25(9-4-2)13-17-27/h18-21,24-27H,3-17,22-23H2,1-2H3. The van der Waals surface area contributed by atoms with Gasteiger partial charge in [0.05, 0.1) is 13.2 Å². The molecular weight excluding hydrogens is 528 g/mol.